The summed E-state index contributed by atoms with van der Waals surface area (Å²) in [5.74, 6) is 0. The van der Waals surface area contributed by atoms with Gasteiger partial charge < -0.3 is 9.80 Å². The summed E-state index contributed by atoms with van der Waals surface area (Å²) in [6, 6.07) is 72.1. The molecule has 4 aliphatic rings. The molecule has 1 aliphatic carbocycles. The number of hydrogen-bond donors (Lipinski definition) is 0. The lowest BCUT2D eigenvalue weighted by atomic mass is 9.81. The predicted octanol–water partition coefficient (Wildman–Crippen LogP) is 15.2. The Morgan fingerprint density at radius 2 is 0.906 bits per heavy atom. The lowest BCUT2D eigenvalue weighted by Gasteiger charge is -2.43. The second-order valence-electron chi connectivity index (χ2n) is 19.2. The highest BCUT2D eigenvalue weighted by molar-refractivity contribution is 7.05. The molecule has 9 aromatic rings. The van der Waals surface area contributed by atoms with Crippen LogP contribution in [0.5, 0.6) is 0 Å². The SMILES string of the molecule is CC1(C)c2cc(C=Cc3ccc4c(ccc5cc(N6c7ccccc7CCc7ccccc76)ccc54)c3)ccc2-c2ccc(N3c4ccccc4[Si]4(CCCC4)c4ccccc43)cc21. The molecule has 3 aliphatic heterocycles. The number of aryl methyl sites for hydroxylation is 2. The Hall–Kier alpha value is -6.94. The molecule has 9 aromatic carbocycles. The van der Waals surface area contributed by atoms with Gasteiger partial charge in [0.25, 0.3) is 0 Å². The molecule has 0 atom stereocenters. The smallest absolute Gasteiger partial charge is 0.123 e. The predicted molar refractivity (Wildman–Crippen MR) is 275 cm³/mol. The van der Waals surface area contributed by atoms with Crippen LogP contribution in [0, 0.1) is 0 Å². The van der Waals surface area contributed by atoms with Gasteiger partial charge in [0.2, 0.25) is 0 Å². The summed E-state index contributed by atoms with van der Waals surface area (Å²) >= 11 is 0. The number of fused-ring (bicyclic) bond motifs is 12. The van der Waals surface area contributed by atoms with Crippen molar-refractivity contribution in [1.82, 2.24) is 0 Å². The van der Waals surface area contributed by atoms with Gasteiger partial charge in [0, 0.05) is 39.5 Å². The second-order valence-corrected chi connectivity index (χ2v) is 23.4. The molecule has 0 N–H and O–H groups in total. The van der Waals surface area contributed by atoms with E-state index < -0.39 is 8.07 Å². The fourth-order valence-corrected chi connectivity index (χ4v) is 17.8. The van der Waals surface area contributed by atoms with E-state index in [2.05, 4.69) is 218 Å². The van der Waals surface area contributed by atoms with E-state index in [0.717, 1.165) is 12.8 Å². The lowest BCUT2D eigenvalue weighted by molar-refractivity contribution is 0.660. The van der Waals surface area contributed by atoms with Crippen molar-refractivity contribution in [2.24, 2.45) is 0 Å². The summed E-state index contributed by atoms with van der Waals surface area (Å²) in [7, 11) is -1.78. The maximum Gasteiger partial charge on any atom is 0.123 e. The van der Waals surface area contributed by atoms with Crippen molar-refractivity contribution in [2.75, 3.05) is 9.80 Å². The number of para-hydroxylation sites is 4. The minimum atomic E-state index is -1.78. The summed E-state index contributed by atoms with van der Waals surface area (Å²) in [6.45, 7) is 4.83. The quantitative estimate of drug-likeness (QED) is 0.0990. The van der Waals surface area contributed by atoms with Gasteiger partial charge in [-0.2, -0.15) is 0 Å². The highest BCUT2D eigenvalue weighted by Crippen LogP contribution is 2.52. The highest BCUT2D eigenvalue weighted by atomic mass is 28.3. The van der Waals surface area contributed by atoms with E-state index in [4.69, 9.17) is 0 Å². The van der Waals surface area contributed by atoms with Crippen LogP contribution in [0.4, 0.5) is 34.1 Å². The molecule has 64 heavy (non-hydrogen) atoms. The molecule has 1 saturated heterocycles. The molecule has 2 nitrogen and oxygen atoms in total. The molecule has 1 fully saturated rings. The Bertz CT molecular complexity index is 3310. The summed E-state index contributed by atoms with van der Waals surface area (Å²) < 4.78 is 0. The van der Waals surface area contributed by atoms with Crippen LogP contribution in [0.1, 0.15) is 60.1 Å². The normalized spacial score (nSPS) is 16.3. The molecule has 0 saturated carbocycles. The van der Waals surface area contributed by atoms with E-state index in [-0.39, 0.29) is 5.41 Å². The fraction of sp³-hybridized carbons (Fsp3) is 0.148. The van der Waals surface area contributed by atoms with Crippen molar-refractivity contribution in [2.45, 2.75) is 57.0 Å². The number of benzene rings is 9. The monoisotopic (exact) mass is 838 g/mol. The van der Waals surface area contributed by atoms with Crippen molar-refractivity contribution in [3.05, 3.63) is 215 Å². The van der Waals surface area contributed by atoms with E-state index in [1.807, 2.05) is 0 Å². The largest absolute Gasteiger partial charge is 0.311 e. The molecular weight excluding hydrogens is 789 g/mol. The van der Waals surface area contributed by atoms with Crippen molar-refractivity contribution >= 4 is 86.3 Å². The van der Waals surface area contributed by atoms with E-state index >= 15 is 0 Å². The van der Waals surface area contributed by atoms with Gasteiger partial charge in [-0.05, 0) is 156 Å². The molecule has 0 aromatic heterocycles. The maximum absolute atomic E-state index is 2.58. The minimum absolute atomic E-state index is 0.134. The zero-order valence-corrected chi connectivity index (χ0v) is 37.6. The van der Waals surface area contributed by atoms with Crippen LogP contribution in [0.2, 0.25) is 12.1 Å². The number of nitrogens with zero attached hydrogens (tertiary/aromatic N) is 2. The Morgan fingerprint density at radius 1 is 0.438 bits per heavy atom. The number of anilines is 6. The average molecular weight is 839 g/mol. The maximum atomic E-state index is 2.58. The Balaban J connectivity index is 0.802. The molecule has 0 amide bonds. The molecular formula is C61H50N2Si. The first-order valence-corrected chi connectivity index (χ1v) is 25.8. The Morgan fingerprint density at radius 3 is 1.56 bits per heavy atom. The van der Waals surface area contributed by atoms with Gasteiger partial charge in [-0.1, -0.05) is 166 Å². The van der Waals surface area contributed by atoms with Crippen molar-refractivity contribution in [3.63, 3.8) is 0 Å². The van der Waals surface area contributed by atoms with Crippen LogP contribution in [0.25, 0.3) is 44.8 Å². The highest BCUT2D eigenvalue weighted by Gasteiger charge is 2.47. The van der Waals surface area contributed by atoms with Crippen LogP contribution < -0.4 is 20.2 Å². The van der Waals surface area contributed by atoms with Crippen LogP contribution in [-0.4, -0.2) is 8.07 Å². The summed E-state index contributed by atoms with van der Waals surface area (Å²) in [5.41, 5.74) is 18.4. The minimum Gasteiger partial charge on any atom is -0.311 e. The van der Waals surface area contributed by atoms with Gasteiger partial charge in [0.15, 0.2) is 0 Å². The molecule has 3 heteroatoms. The van der Waals surface area contributed by atoms with E-state index in [1.165, 1.54) is 125 Å². The van der Waals surface area contributed by atoms with Crippen LogP contribution in [0.15, 0.2) is 182 Å². The van der Waals surface area contributed by atoms with Crippen LogP contribution >= 0.6 is 0 Å². The summed E-state index contributed by atoms with van der Waals surface area (Å²) in [5, 5.41) is 8.33. The average Bonchev–Trinajstić information content (AvgIpc) is 3.86. The van der Waals surface area contributed by atoms with Crippen molar-refractivity contribution < 1.29 is 0 Å². The number of hydrogen-bond acceptors (Lipinski definition) is 2. The summed E-state index contributed by atoms with van der Waals surface area (Å²) in [4.78, 5) is 5.04. The molecule has 13 rings (SSSR count). The first-order chi connectivity index (χ1) is 31.4. The molecule has 0 radical (unpaired) electrons. The van der Waals surface area contributed by atoms with E-state index in [0.29, 0.717) is 0 Å². The standard InChI is InChI=1S/C61H50N2Si/c1-61(2)53-38-42(24-32-51(53)52-34-30-48(40-54(52)61)63-57-17-7-9-19-59(57)64(35-11-12-36-64)60-20-10-8-18-58(60)63)22-21-41-23-31-49-45(37-41)27-28-46-39-47(29-33-50(46)49)62-55-15-5-3-13-43(55)25-26-44-14-4-6-16-56(44)62/h3-10,13-24,27-34,37-40H,11-12,25-26,35-36H2,1-2H3. The fourth-order valence-electron chi connectivity index (χ4n) is 12.3. The zero-order chi connectivity index (χ0) is 42.6. The van der Waals surface area contributed by atoms with Gasteiger partial charge in [0.1, 0.15) is 8.07 Å². The summed E-state index contributed by atoms with van der Waals surface area (Å²) in [6.07, 6.45) is 9.37. The molecule has 0 bridgehead atoms. The van der Waals surface area contributed by atoms with Gasteiger partial charge in [-0.25, -0.2) is 0 Å². The van der Waals surface area contributed by atoms with E-state index in [9.17, 15) is 0 Å². The van der Waals surface area contributed by atoms with Gasteiger partial charge in [-0.15, -0.1) is 0 Å². The van der Waals surface area contributed by atoms with Gasteiger partial charge in [0.05, 0.1) is 0 Å². The van der Waals surface area contributed by atoms with Gasteiger partial charge in [-0.3, -0.25) is 0 Å². The molecule has 308 valence electrons. The van der Waals surface area contributed by atoms with Crippen LogP contribution in [0.3, 0.4) is 0 Å². The third kappa shape index (κ3) is 5.63. The van der Waals surface area contributed by atoms with Gasteiger partial charge >= 0.3 is 0 Å². The molecule has 0 unspecified atom stereocenters. The molecule has 3 heterocycles. The Kier molecular flexibility index (Phi) is 8.39. The van der Waals surface area contributed by atoms with Crippen LogP contribution in [-0.2, 0) is 18.3 Å². The zero-order valence-electron chi connectivity index (χ0n) is 36.6. The lowest BCUT2D eigenvalue weighted by Crippen LogP contribution is -2.60. The Labute approximate surface area is 377 Å². The number of rotatable bonds is 4. The topological polar surface area (TPSA) is 6.48 Å². The third-order valence-corrected chi connectivity index (χ3v) is 20.7. The van der Waals surface area contributed by atoms with Crippen molar-refractivity contribution in [3.8, 4) is 11.1 Å². The molecule has 1 spiro atoms. The third-order valence-electron chi connectivity index (χ3n) is 15.4. The van der Waals surface area contributed by atoms with E-state index in [1.54, 1.807) is 10.4 Å². The van der Waals surface area contributed by atoms with Crippen molar-refractivity contribution in [1.29, 1.82) is 0 Å². The first kappa shape index (κ1) is 37.6. The first-order valence-electron chi connectivity index (χ1n) is 23.3. The second kappa shape index (κ2) is 14.3.